The molecule has 0 radical (unpaired) electrons. The molecule has 20 heavy (non-hydrogen) atoms. The number of benzene rings is 1. The summed E-state index contributed by atoms with van der Waals surface area (Å²) in [5.41, 5.74) is 1.34. The van der Waals surface area contributed by atoms with Gasteiger partial charge < -0.3 is 5.11 Å². The van der Waals surface area contributed by atoms with Gasteiger partial charge in [-0.25, -0.2) is 12.8 Å². The number of nitrogens with zero attached hydrogens (tertiary/aromatic N) is 1. The molecule has 1 aromatic carbocycles. The van der Waals surface area contributed by atoms with Crippen LogP contribution in [0.2, 0.25) is 0 Å². The molecule has 1 heterocycles. The van der Waals surface area contributed by atoms with E-state index in [4.69, 9.17) is 5.11 Å². The lowest BCUT2D eigenvalue weighted by Crippen LogP contribution is -2.15. The maximum atomic E-state index is 13.8. The van der Waals surface area contributed by atoms with Crippen molar-refractivity contribution >= 4 is 15.7 Å². The van der Waals surface area contributed by atoms with Crippen molar-refractivity contribution in [3.05, 3.63) is 53.6 Å². The topological polar surface area (TPSA) is 79.3 Å². The summed E-state index contributed by atoms with van der Waals surface area (Å²) in [5.74, 6) is -0.912. The first-order valence-corrected chi connectivity index (χ1v) is 7.24. The summed E-state index contributed by atoms with van der Waals surface area (Å²) >= 11 is 0. The van der Waals surface area contributed by atoms with Crippen molar-refractivity contribution in [2.75, 3.05) is 4.72 Å². The van der Waals surface area contributed by atoms with Crippen LogP contribution in [0.1, 0.15) is 11.1 Å². The molecule has 0 aliphatic heterocycles. The summed E-state index contributed by atoms with van der Waals surface area (Å²) in [7, 11) is -4.03. The molecule has 0 unspecified atom stereocenters. The Morgan fingerprint density at radius 3 is 2.65 bits per heavy atom. The van der Waals surface area contributed by atoms with Crippen LogP contribution >= 0.6 is 0 Å². The lowest BCUT2D eigenvalue weighted by molar-refractivity contribution is 0.281. The minimum Gasteiger partial charge on any atom is -0.392 e. The normalized spacial score (nSPS) is 11.3. The van der Waals surface area contributed by atoms with E-state index in [-0.39, 0.29) is 12.3 Å². The third-order valence-electron chi connectivity index (χ3n) is 2.60. The third-order valence-corrected chi connectivity index (χ3v) is 4.01. The van der Waals surface area contributed by atoms with Crippen LogP contribution in [0.4, 0.5) is 10.1 Å². The number of hydrogen-bond donors (Lipinski definition) is 2. The summed E-state index contributed by atoms with van der Waals surface area (Å²) in [5, 5.41) is 8.88. The molecule has 0 aliphatic rings. The highest BCUT2D eigenvalue weighted by molar-refractivity contribution is 7.92. The van der Waals surface area contributed by atoms with E-state index in [1.54, 1.807) is 19.2 Å². The van der Waals surface area contributed by atoms with Crippen LogP contribution in [0.5, 0.6) is 0 Å². The van der Waals surface area contributed by atoms with Gasteiger partial charge in [-0.05, 0) is 36.2 Å². The van der Waals surface area contributed by atoms with Gasteiger partial charge in [-0.3, -0.25) is 9.71 Å². The number of aliphatic hydroxyl groups is 1. The van der Waals surface area contributed by atoms with E-state index in [2.05, 4.69) is 9.71 Å². The van der Waals surface area contributed by atoms with E-state index < -0.39 is 20.7 Å². The number of pyridine rings is 1. The van der Waals surface area contributed by atoms with Gasteiger partial charge in [0.2, 0.25) is 0 Å². The van der Waals surface area contributed by atoms with E-state index >= 15 is 0 Å². The molecule has 0 atom stereocenters. The van der Waals surface area contributed by atoms with Gasteiger partial charge >= 0.3 is 0 Å². The molecule has 7 heteroatoms. The van der Waals surface area contributed by atoms with Gasteiger partial charge in [0.25, 0.3) is 10.0 Å². The van der Waals surface area contributed by atoms with E-state index in [1.807, 2.05) is 0 Å². The Balaban J connectivity index is 2.36. The molecule has 0 fully saturated rings. The number of sulfonamides is 1. The minimum atomic E-state index is -4.03. The molecule has 0 saturated carbocycles. The van der Waals surface area contributed by atoms with Crippen molar-refractivity contribution in [2.24, 2.45) is 0 Å². The minimum absolute atomic E-state index is 0.260. The Hall–Kier alpha value is -1.99. The lowest BCUT2D eigenvalue weighted by Gasteiger charge is -2.09. The molecule has 0 spiro atoms. The molecule has 2 N–H and O–H groups in total. The van der Waals surface area contributed by atoms with Gasteiger partial charge in [-0.2, -0.15) is 0 Å². The SMILES string of the molecule is Cc1cncc(NS(=O)(=O)c2ccc(CO)cc2F)c1. The predicted molar refractivity (Wildman–Crippen MR) is 72.1 cm³/mol. The molecule has 106 valence electrons. The Bertz CT molecular complexity index is 732. The molecule has 0 amide bonds. The van der Waals surface area contributed by atoms with Crippen molar-refractivity contribution in [1.82, 2.24) is 4.98 Å². The fraction of sp³-hybridized carbons (Fsp3) is 0.154. The monoisotopic (exact) mass is 296 g/mol. The second kappa shape index (κ2) is 5.56. The number of aryl methyl sites for hydroxylation is 1. The Morgan fingerprint density at radius 2 is 2.05 bits per heavy atom. The number of anilines is 1. The molecule has 1 aromatic heterocycles. The first-order valence-electron chi connectivity index (χ1n) is 5.76. The Morgan fingerprint density at radius 1 is 1.30 bits per heavy atom. The number of halogens is 1. The number of rotatable bonds is 4. The van der Waals surface area contributed by atoms with Gasteiger partial charge in [-0.1, -0.05) is 6.07 Å². The maximum Gasteiger partial charge on any atom is 0.264 e. The molecule has 0 bridgehead atoms. The van der Waals surface area contributed by atoms with E-state index in [9.17, 15) is 12.8 Å². The smallest absolute Gasteiger partial charge is 0.264 e. The average molecular weight is 296 g/mol. The van der Waals surface area contributed by atoms with Crippen molar-refractivity contribution in [2.45, 2.75) is 18.4 Å². The van der Waals surface area contributed by atoms with Crippen molar-refractivity contribution in [3.8, 4) is 0 Å². The zero-order valence-electron chi connectivity index (χ0n) is 10.7. The van der Waals surface area contributed by atoms with Crippen LogP contribution in [0, 0.1) is 12.7 Å². The summed E-state index contributed by atoms with van der Waals surface area (Å²) in [6.07, 6.45) is 2.92. The number of aliphatic hydroxyl groups excluding tert-OH is 1. The molecular weight excluding hydrogens is 283 g/mol. The van der Waals surface area contributed by atoms with Crippen molar-refractivity contribution in [1.29, 1.82) is 0 Å². The number of nitrogens with one attached hydrogen (secondary N) is 1. The zero-order valence-corrected chi connectivity index (χ0v) is 11.5. The Labute approximate surface area is 116 Å². The van der Waals surface area contributed by atoms with Gasteiger partial charge in [0.15, 0.2) is 0 Å². The summed E-state index contributed by atoms with van der Waals surface area (Å²) < 4.78 is 40.2. The molecular formula is C13H13FN2O3S. The van der Waals surface area contributed by atoms with Gasteiger partial charge in [0, 0.05) is 6.20 Å². The third kappa shape index (κ3) is 3.12. The fourth-order valence-corrected chi connectivity index (χ4v) is 2.78. The summed E-state index contributed by atoms with van der Waals surface area (Å²) in [6, 6.07) is 5.05. The fourth-order valence-electron chi connectivity index (χ4n) is 1.68. The standard InChI is InChI=1S/C13H13FN2O3S/c1-9-4-11(7-15-6-9)16-20(18,19)13-3-2-10(8-17)5-12(13)14/h2-7,16-17H,8H2,1H3. The molecule has 0 aliphatic carbocycles. The van der Waals surface area contributed by atoms with Crippen LogP contribution in [-0.2, 0) is 16.6 Å². The summed E-state index contributed by atoms with van der Waals surface area (Å²) in [4.78, 5) is 3.38. The van der Waals surface area contributed by atoms with E-state index in [1.165, 1.54) is 12.3 Å². The van der Waals surface area contributed by atoms with Crippen LogP contribution in [0.15, 0.2) is 41.6 Å². The largest absolute Gasteiger partial charge is 0.392 e. The quantitative estimate of drug-likeness (QED) is 0.902. The molecule has 2 aromatic rings. The number of aromatic nitrogens is 1. The molecule has 0 saturated heterocycles. The van der Waals surface area contributed by atoms with E-state index in [0.29, 0.717) is 5.56 Å². The van der Waals surface area contributed by atoms with Crippen molar-refractivity contribution < 1.29 is 17.9 Å². The number of hydrogen-bond acceptors (Lipinski definition) is 4. The second-order valence-electron chi connectivity index (χ2n) is 4.28. The highest BCUT2D eigenvalue weighted by Gasteiger charge is 2.19. The van der Waals surface area contributed by atoms with Crippen molar-refractivity contribution in [3.63, 3.8) is 0 Å². The zero-order chi connectivity index (χ0) is 14.8. The van der Waals surface area contributed by atoms with Gasteiger partial charge in [0.05, 0.1) is 18.5 Å². The van der Waals surface area contributed by atoms with Gasteiger partial charge in [0.1, 0.15) is 10.7 Å². The van der Waals surface area contributed by atoms with Gasteiger partial charge in [-0.15, -0.1) is 0 Å². The molecule has 2 rings (SSSR count). The van der Waals surface area contributed by atoms with Crippen LogP contribution in [0.3, 0.4) is 0 Å². The lowest BCUT2D eigenvalue weighted by atomic mass is 10.2. The summed E-state index contributed by atoms with van der Waals surface area (Å²) in [6.45, 7) is 1.41. The second-order valence-corrected chi connectivity index (χ2v) is 5.93. The highest BCUT2D eigenvalue weighted by atomic mass is 32.2. The van der Waals surface area contributed by atoms with Crippen LogP contribution in [0.25, 0.3) is 0 Å². The van der Waals surface area contributed by atoms with Crippen LogP contribution < -0.4 is 4.72 Å². The average Bonchev–Trinajstić information content (AvgIpc) is 2.37. The first kappa shape index (κ1) is 14.4. The molecule has 5 nitrogen and oxygen atoms in total. The maximum absolute atomic E-state index is 13.8. The first-order chi connectivity index (χ1) is 9.42. The Kier molecular flexibility index (Phi) is 4.01. The van der Waals surface area contributed by atoms with Crippen LogP contribution in [-0.4, -0.2) is 18.5 Å². The predicted octanol–water partition coefficient (Wildman–Crippen LogP) is 1.82. The highest BCUT2D eigenvalue weighted by Crippen LogP contribution is 2.20. The van der Waals surface area contributed by atoms with E-state index in [0.717, 1.165) is 17.7 Å².